The van der Waals surface area contributed by atoms with Gasteiger partial charge in [-0.3, -0.25) is 0 Å². The minimum absolute atomic E-state index is 0.226. The highest BCUT2D eigenvalue weighted by atomic mass is 19.1. The molecule has 0 atom stereocenters. The maximum atomic E-state index is 12.9. The summed E-state index contributed by atoms with van der Waals surface area (Å²) in [5, 5.41) is 17.0. The van der Waals surface area contributed by atoms with Crippen molar-refractivity contribution in [1.82, 2.24) is 10.2 Å². The normalized spacial score (nSPS) is 14.9. The highest BCUT2D eigenvalue weighted by Crippen LogP contribution is 2.21. The van der Waals surface area contributed by atoms with Gasteiger partial charge in [0.25, 0.3) is 0 Å². The number of rotatable bonds is 2. The van der Waals surface area contributed by atoms with Crippen molar-refractivity contribution in [2.45, 2.75) is 0 Å². The molecule has 2 aromatic rings. The van der Waals surface area contributed by atoms with E-state index in [4.69, 9.17) is 5.26 Å². The van der Waals surface area contributed by atoms with Crippen molar-refractivity contribution in [2.75, 3.05) is 36.0 Å². The van der Waals surface area contributed by atoms with E-state index in [2.05, 4.69) is 26.1 Å². The van der Waals surface area contributed by atoms with Crippen LogP contribution in [0.4, 0.5) is 15.9 Å². The number of nitrogens with zero attached hydrogens (tertiary/aromatic N) is 5. The molecule has 1 aromatic carbocycles. The lowest BCUT2D eigenvalue weighted by Gasteiger charge is -2.36. The summed E-state index contributed by atoms with van der Waals surface area (Å²) < 4.78 is 12.9. The van der Waals surface area contributed by atoms with Crippen molar-refractivity contribution >= 4 is 11.5 Å². The maximum Gasteiger partial charge on any atom is 0.169 e. The summed E-state index contributed by atoms with van der Waals surface area (Å²) >= 11 is 0. The average Bonchev–Trinajstić information content (AvgIpc) is 2.56. The van der Waals surface area contributed by atoms with Crippen molar-refractivity contribution in [3.63, 3.8) is 0 Å². The minimum Gasteiger partial charge on any atom is -0.368 e. The lowest BCUT2D eigenvalue weighted by atomic mass is 10.2. The van der Waals surface area contributed by atoms with Crippen molar-refractivity contribution < 1.29 is 4.39 Å². The second kappa shape index (κ2) is 5.75. The van der Waals surface area contributed by atoms with Gasteiger partial charge in [0, 0.05) is 31.9 Å². The van der Waals surface area contributed by atoms with Crippen LogP contribution in [0.25, 0.3) is 0 Å². The third kappa shape index (κ3) is 2.77. The third-order valence-corrected chi connectivity index (χ3v) is 3.59. The van der Waals surface area contributed by atoms with Crippen LogP contribution in [0.2, 0.25) is 0 Å². The first-order valence-corrected chi connectivity index (χ1v) is 6.75. The topological polar surface area (TPSA) is 56.1 Å². The zero-order chi connectivity index (χ0) is 14.7. The molecule has 106 valence electrons. The molecule has 0 aliphatic carbocycles. The summed E-state index contributed by atoms with van der Waals surface area (Å²) in [4.78, 5) is 4.25. The molecule has 1 fully saturated rings. The van der Waals surface area contributed by atoms with Crippen molar-refractivity contribution in [3.8, 4) is 6.07 Å². The summed E-state index contributed by atoms with van der Waals surface area (Å²) in [5.41, 5.74) is 1.55. The molecule has 0 unspecified atom stereocenters. The molecule has 6 heteroatoms. The predicted molar refractivity (Wildman–Crippen MR) is 77.6 cm³/mol. The molecule has 1 aliphatic heterocycles. The first kappa shape index (κ1) is 13.3. The maximum absolute atomic E-state index is 12.9. The van der Waals surface area contributed by atoms with Crippen LogP contribution in [0.1, 0.15) is 5.56 Å². The van der Waals surface area contributed by atoms with Gasteiger partial charge in [0.05, 0.1) is 11.8 Å². The molecule has 1 aromatic heterocycles. The van der Waals surface area contributed by atoms with Crippen LogP contribution in [0, 0.1) is 17.1 Å². The quantitative estimate of drug-likeness (QED) is 0.841. The standard InChI is InChI=1S/C15H14FN5/c16-13-1-3-14(4-2-13)20-7-9-21(10-8-20)15-12(11-17)5-6-18-19-15/h1-6H,7-10H2. The second-order valence-electron chi connectivity index (χ2n) is 4.83. The van der Waals surface area contributed by atoms with Crippen molar-refractivity contribution in [2.24, 2.45) is 0 Å². The molecular weight excluding hydrogens is 269 g/mol. The van der Waals surface area contributed by atoms with Crippen LogP contribution >= 0.6 is 0 Å². The molecule has 1 saturated heterocycles. The number of hydrogen-bond acceptors (Lipinski definition) is 5. The number of halogens is 1. The van der Waals surface area contributed by atoms with Gasteiger partial charge in [-0.2, -0.15) is 10.4 Å². The van der Waals surface area contributed by atoms with Gasteiger partial charge in [-0.25, -0.2) is 4.39 Å². The lowest BCUT2D eigenvalue weighted by Crippen LogP contribution is -2.47. The SMILES string of the molecule is N#Cc1ccnnc1N1CCN(c2ccc(F)cc2)CC1. The number of hydrogen-bond donors (Lipinski definition) is 0. The smallest absolute Gasteiger partial charge is 0.169 e. The van der Waals surface area contributed by atoms with Gasteiger partial charge in [0.1, 0.15) is 11.9 Å². The minimum atomic E-state index is -0.226. The molecule has 0 N–H and O–H groups in total. The Labute approximate surface area is 122 Å². The van der Waals surface area contributed by atoms with E-state index < -0.39 is 0 Å². The van der Waals surface area contributed by atoms with Gasteiger partial charge in [-0.15, -0.1) is 5.10 Å². The second-order valence-corrected chi connectivity index (χ2v) is 4.83. The summed E-state index contributed by atoms with van der Waals surface area (Å²) in [6, 6.07) is 10.3. The molecule has 0 saturated carbocycles. The number of benzene rings is 1. The van der Waals surface area contributed by atoms with Crippen LogP contribution in [-0.4, -0.2) is 36.4 Å². The first-order valence-electron chi connectivity index (χ1n) is 6.75. The summed E-state index contributed by atoms with van der Waals surface area (Å²) in [5.74, 6) is 0.411. The van der Waals surface area contributed by atoms with Gasteiger partial charge in [-0.1, -0.05) is 0 Å². The monoisotopic (exact) mass is 283 g/mol. The Bertz CT molecular complexity index is 657. The van der Waals surface area contributed by atoms with Gasteiger partial charge in [0.15, 0.2) is 5.82 Å². The molecular formula is C15H14FN5. The highest BCUT2D eigenvalue weighted by molar-refractivity contribution is 5.55. The Hall–Kier alpha value is -2.68. The van der Waals surface area contributed by atoms with E-state index in [1.807, 2.05) is 0 Å². The van der Waals surface area contributed by atoms with E-state index in [0.717, 1.165) is 31.9 Å². The van der Waals surface area contributed by atoms with Crippen LogP contribution in [-0.2, 0) is 0 Å². The molecule has 0 bridgehead atoms. The fourth-order valence-corrected chi connectivity index (χ4v) is 2.47. The Morgan fingerprint density at radius 1 is 1.00 bits per heavy atom. The summed E-state index contributed by atoms with van der Waals surface area (Å²) in [6.07, 6.45) is 1.52. The Kier molecular flexibility index (Phi) is 3.65. The Morgan fingerprint density at radius 3 is 2.33 bits per heavy atom. The number of nitriles is 1. The predicted octanol–water partition coefficient (Wildman–Crippen LogP) is 1.81. The average molecular weight is 283 g/mol. The number of anilines is 2. The number of piperazine rings is 1. The Balaban J connectivity index is 1.70. The van der Waals surface area contributed by atoms with Crippen molar-refractivity contribution in [3.05, 3.63) is 47.9 Å². The van der Waals surface area contributed by atoms with Crippen LogP contribution in [0.3, 0.4) is 0 Å². The van der Waals surface area contributed by atoms with Crippen molar-refractivity contribution in [1.29, 1.82) is 5.26 Å². The molecule has 1 aliphatic rings. The third-order valence-electron chi connectivity index (χ3n) is 3.59. The lowest BCUT2D eigenvalue weighted by molar-refractivity contribution is 0.623. The molecule has 3 rings (SSSR count). The van der Waals surface area contributed by atoms with Crippen LogP contribution in [0.15, 0.2) is 36.5 Å². The molecule has 2 heterocycles. The summed E-state index contributed by atoms with van der Waals surface area (Å²) in [6.45, 7) is 3.11. The first-order chi connectivity index (χ1) is 10.3. The molecule has 0 radical (unpaired) electrons. The van der Waals surface area contributed by atoms with E-state index in [0.29, 0.717) is 11.4 Å². The Morgan fingerprint density at radius 2 is 1.67 bits per heavy atom. The molecule has 21 heavy (non-hydrogen) atoms. The largest absolute Gasteiger partial charge is 0.368 e. The van der Waals surface area contributed by atoms with Gasteiger partial charge < -0.3 is 9.80 Å². The number of aromatic nitrogens is 2. The van der Waals surface area contributed by atoms with E-state index in [1.54, 1.807) is 18.2 Å². The fraction of sp³-hybridized carbons (Fsp3) is 0.267. The van der Waals surface area contributed by atoms with E-state index in [9.17, 15) is 4.39 Å². The fourth-order valence-electron chi connectivity index (χ4n) is 2.47. The van der Waals surface area contributed by atoms with Gasteiger partial charge >= 0.3 is 0 Å². The van der Waals surface area contributed by atoms with Gasteiger partial charge in [-0.05, 0) is 30.3 Å². The van der Waals surface area contributed by atoms with Crippen LogP contribution in [0.5, 0.6) is 0 Å². The van der Waals surface area contributed by atoms with Crippen LogP contribution < -0.4 is 9.80 Å². The molecule has 0 spiro atoms. The molecule has 0 amide bonds. The van der Waals surface area contributed by atoms with E-state index in [1.165, 1.54) is 18.3 Å². The highest BCUT2D eigenvalue weighted by Gasteiger charge is 2.20. The summed E-state index contributed by atoms with van der Waals surface area (Å²) in [7, 11) is 0. The molecule has 5 nitrogen and oxygen atoms in total. The zero-order valence-electron chi connectivity index (χ0n) is 11.4. The van der Waals surface area contributed by atoms with E-state index >= 15 is 0 Å². The zero-order valence-corrected chi connectivity index (χ0v) is 11.4. The van der Waals surface area contributed by atoms with E-state index in [-0.39, 0.29) is 5.82 Å². The van der Waals surface area contributed by atoms with Gasteiger partial charge in [0.2, 0.25) is 0 Å².